The number of hydrogen-bond acceptors (Lipinski definition) is 6. The Morgan fingerprint density at radius 1 is 1.03 bits per heavy atom. The minimum Gasteiger partial charge on any atom is -0.383 e. The SMILES string of the molecule is C[C@@H]1C[C@@H](C)CN(CCNc2cc(N3CCCCCC3)c3noc4c3c2C(=O)c2ccccc2-4)C1. The van der Waals surface area contributed by atoms with Gasteiger partial charge in [-0.15, -0.1) is 0 Å². The molecule has 2 fully saturated rings. The number of rotatable bonds is 5. The maximum absolute atomic E-state index is 13.8. The molecule has 35 heavy (non-hydrogen) atoms. The van der Waals surface area contributed by atoms with Crippen LogP contribution >= 0.6 is 0 Å². The van der Waals surface area contributed by atoms with E-state index in [1.165, 1.54) is 32.1 Å². The molecule has 2 saturated heterocycles. The largest absolute Gasteiger partial charge is 0.383 e. The Balaban J connectivity index is 1.39. The van der Waals surface area contributed by atoms with Crippen LogP contribution in [0.3, 0.4) is 0 Å². The highest BCUT2D eigenvalue weighted by Crippen LogP contribution is 2.46. The highest BCUT2D eigenvalue weighted by molar-refractivity contribution is 6.28. The number of likely N-dealkylation sites (tertiary alicyclic amines) is 1. The number of anilines is 2. The molecule has 3 aliphatic rings. The first-order chi connectivity index (χ1) is 17.1. The molecule has 184 valence electrons. The van der Waals surface area contributed by atoms with Crippen molar-refractivity contribution in [2.75, 3.05) is 49.5 Å². The number of nitrogens with one attached hydrogen (secondary N) is 1. The van der Waals surface area contributed by atoms with E-state index in [1.54, 1.807) is 0 Å². The standard InChI is InChI=1S/C29H36N4O2/c1-19-15-20(2)18-32(17-19)14-11-30-23-16-24(33-12-7-3-4-8-13-33)27-26-25(23)28(34)21-9-5-6-10-22(21)29(26)35-31-27/h5-6,9-10,16,19-20,30H,3-4,7-8,11-15,17-18H2,1-2H3/t19-,20-/m1/s1. The zero-order valence-electron chi connectivity index (χ0n) is 21.0. The first-order valence-corrected chi connectivity index (χ1v) is 13.4. The molecule has 3 heterocycles. The second-order valence-electron chi connectivity index (χ2n) is 11.0. The van der Waals surface area contributed by atoms with Crippen molar-refractivity contribution < 1.29 is 9.32 Å². The van der Waals surface area contributed by atoms with Crippen molar-refractivity contribution in [1.82, 2.24) is 10.1 Å². The second kappa shape index (κ2) is 9.30. The summed E-state index contributed by atoms with van der Waals surface area (Å²) in [5.41, 5.74) is 5.09. The highest BCUT2D eigenvalue weighted by Gasteiger charge is 2.33. The summed E-state index contributed by atoms with van der Waals surface area (Å²) in [7, 11) is 0. The van der Waals surface area contributed by atoms with E-state index in [0.717, 1.165) is 84.7 Å². The molecule has 0 bridgehead atoms. The second-order valence-corrected chi connectivity index (χ2v) is 11.0. The van der Waals surface area contributed by atoms with E-state index in [9.17, 15) is 4.79 Å². The van der Waals surface area contributed by atoms with Gasteiger partial charge in [0.25, 0.3) is 0 Å². The van der Waals surface area contributed by atoms with Crippen LogP contribution < -0.4 is 10.2 Å². The number of nitrogens with zero attached hydrogens (tertiary/aromatic N) is 3. The average molecular weight is 473 g/mol. The molecular weight excluding hydrogens is 436 g/mol. The van der Waals surface area contributed by atoms with Crippen LogP contribution in [-0.2, 0) is 0 Å². The Bertz CT molecular complexity index is 1230. The topological polar surface area (TPSA) is 61.6 Å². The summed E-state index contributed by atoms with van der Waals surface area (Å²) < 4.78 is 5.95. The molecule has 0 radical (unpaired) electrons. The Labute approximate surface area is 207 Å². The van der Waals surface area contributed by atoms with Gasteiger partial charge in [0, 0.05) is 56.1 Å². The summed E-state index contributed by atoms with van der Waals surface area (Å²) in [4.78, 5) is 18.8. The Morgan fingerprint density at radius 2 is 1.74 bits per heavy atom. The summed E-state index contributed by atoms with van der Waals surface area (Å²) in [6.07, 6.45) is 6.22. The lowest BCUT2D eigenvalue weighted by molar-refractivity contribution is 0.104. The lowest BCUT2D eigenvalue weighted by atomic mass is 9.86. The van der Waals surface area contributed by atoms with E-state index in [4.69, 9.17) is 4.52 Å². The smallest absolute Gasteiger partial charge is 0.196 e. The van der Waals surface area contributed by atoms with Crippen molar-refractivity contribution >= 4 is 28.1 Å². The number of hydrogen-bond donors (Lipinski definition) is 1. The van der Waals surface area contributed by atoms with Crippen molar-refractivity contribution in [1.29, 1.82) is 0 Å². The van der Waals surface area contributed by atoms with Crippen LogP contribution in [-0.4, -0.2) is 55.1 Å². The number of carbonyl (C=O) groups excluding carboxylic acids is 1. The molecule has 0 amide bonds. The van der Waals surface area contributed by atoms with Gasteiger partial charge in [-0.2, -0.15) is 0 Å². The van der Waals surface area contributed by atoms with E-state index in [-0.39, 0.29) is 5.78 Å². The number of fused-ring (bicyclic) bond motifs is 2. The summed E-state index contributed by atoms with van der Waals surface area (Å²) >= 11 is 0. The minimum absolute atomic E-state index is 0.0615. The van der Waals surface area contributed by atoms with Gasteiger partial charge < -0.3 is 19.6 Å². The molecule has 2 aromatic carbocycles. The van der Waals surface area contributed by atoms with Crippen molar-refractivity contribution in [2.45, 2.75) is 46.0 Å². The molecule has 0 unspecified atom stereocenters. The number of aromatic nitrogens is 1. The number of benzene rings is 2. The van der Waals surface area contributed by atoms with Crippen LogP contribution in [0.25, 0.3) is 22.2 Å². The zero-order chi connectivity index (χ0) is 23.9. The fraction of sp³-hybridized carbons (Fsp3) is 0.517. The monoisotopic (exact) mass is 472 g/mol. The molecule has 6 rings (SSSR count). The van der Waals surface area contributed by atoms with Crippen molar-refractivity contribution in [2.24, 2.45) is 11.8 Å². The molecule has 0 spiro atoms. The summed E-state index contributed by atoms with van der Waals surface area (Å²) in [6.45, 7) is 10.8. The molecule has 3 aromatic rings. The number of ketones is 1. The van der Waals surface area contributed by atoms with Gasteiger partial charge in [-0.1, -0.05) is 56.1 Å². The van der Waals surface area contributed by atoms with Gasteiger partial charge >= 0.3 is 0 Å². The lowest BCUT2D eigenvalue weighted by Gasteiger charge is -2.35. The first-order valence-electron chi connectivity index (χ1n) is 13.4. The molecule has 0 saturated carbocycles. The molecule has 6 heteroatoms. The van der Waals surface area contributed by atoms with E-state index in [2.05, 4.69) is 40.2 Å². The van der Waals surface area contributed by atoms with Crippen LogP contribution in [0, 0.1) is 11.8 Å². The van der Waals surface area contributed by atoms with Gasteiger partial charge in [0.2, 0.25) is 0 Å². The number of carbonyl (C=O) groups is 1. The van der Waals surface area contributed by atoms with E-state index in [0.29, 0.717) is 11.1 Å². The Morgan fingerprint density at radius 3 is 2.49 bits per heavy atom. The summed E-state index contributed by atoms with van der Waals surface area (Å²) in [5.74, 6) is 2.27. The molecule has 6 nitrogen and oxygen atoms in total. The van der Waals surface area contributed by atoms with Crippen LogP contribution in [0.1, 0.15) is 61.9 Å². The molecular formula is C29H36N4O2. The summed E-state index contributed by atoms with van der Waals surface area (Å²) in [5, 5.41) is 9.09. The summed E-state index contributed by atoms with van der Waals surface area (Å²) in [6, 6.07) is 9.93. The zero-order valence-corrected chi connectivity index (χ0v) is 21.0. The minimum atomic E-state index is 0.0615. The molecule has 1 aliphatic carbocycles. The highest BCUT2D eigenvalue weighted by atomic mass is 16.5. The number of piperidine rings is 1. The third-order valence-corrected chi connectivity index (χ3v) is 8.01. The van der Waals surface area contributed by atoms with Crippen molar-refractivity contribution in [3.05, 3.63) is 41.5 Å². The maximum atomic E-state index is 13.8. The normalized spacial score (nSPS) is 22.8. The van der Waals surface area contributed by atoms with Gasteiger partial charge in [-0.25, -0.2) is 0 Å². The van der Waals surface area contributed by atoms with Crippen molar-refractivity contribution in [3.63, 3.8) is 0 Å². The molecule has 1 aromatic heterocycles. The van der Waals surface area contributed by atoms with E-state index >= 15 is 0 Å². The van der Waals surface area contributed by atoms with Crippen LogP contribution in [0.15, 0.2) is 34.9 Å². The quantitative estimate of drug-likeness (QED) is 0.396. The molecule has 2 atom stereocenters. The van der Waals surface area contributed by atoms with Gasteiger partial charge in [-0.3, -0.25) is 4.79 Å². The van der Waals surface area contributed by atoms with Crippen LogP contribution in [0.2, 0.25) is 0 Å². The van der Waals surface area contributed by atoms with Gasteiger partial charge in [0.15, 0.2) is 11.5 Å². The van der Waals surface area contributed by atoms with Crippen LogP contribution in [0.4, 0.5) is 11.4 Å². The molecule has 1 N–H and O–H groups in total. The average Bonchev–Trinajstić information content (AvgIpc) is 3.10. The van der Waals surface area contributed by atoms with E-state index < -0.39 is 0 Å². The Kier molecular flexibility index (Phi) is 6.01. The maximum Gasteiger partial charge on any atom is 0.196 e. The van der Waals surface area contributed by atoms with Gasteiger partial charge in [0.05, 0.1) is 16.6 Å². The predicted molar refractivity (Wildman–Crippen MR) is 141 cm³/mol. The Hall–Kier alpha value is -2.86. The van der Waals surface area contributed by atoms with Crippen molar-refractivity contribution in [3.8, 4) is 11.3 Å². The lowest BCUT2D eigenvalue weighted by Crippen LogP contribution is -2.41. The third-order valence-electron chi connectivity index (χ3n) is 8.01. The van der Waals surface area contributed by atoms with Gasteiger partial charge in [0.1, 0.15) is 5.52 Å². The molecule has 2 aliphatic heterocycles. The van der Waals surface area contributed by atoms with Crippen LogP contribution in [0.5, 0.6) is 0 Å². The fourth-order valence-electron chi connectivity index (χ4n) is 6.56. The first kappa shape index (κ1) is 22.6. The van der Waals surface area contributed by atoms with Gasteiger partial charge in [-0.05, 0) is 37.2 Å². The van der Waals surface area contributed by atoms with E-state index in [1.807, 2.05) is 24.3 Å². The third kappa shape index (κ3) is 4.12. The predicted octanol–water partition coefficient (Wildman–Crippen LogP) is 5.81. The fourth-order valence-corrected chi connectivity index (χ4v) is 6.56.